The second-order valence-corrected chi connectivity index (χ2v) is 8.42. The van der Waals surface area contributed by atoms with Crippen LogP contribution in [0.15, 0.2) is 43.1 Å². The van der Waals surface area contributed by atoms with Crippen LogP contribution in [0.5, 0.6) is 0 Å². The van der Waals surface area contributed by atoms with Crippen molar-refractivity contribution in [2.75, 3.05) is 5.32 Å². The second kappa shape index (κ2) is 7.80. The number of nitrogens with zero attached hydrogens (tertiary/aromatic N) is 3. The van der Waals surface area contributed by atoms with Crippen LogP contribution in [0, 0.1) is 13.8 Å². The van der Waals surface area contributed by atoms with Crippen LogP contribution in [-0.2, 0) is 10.5 Å². The molecule has 148 valence electrons. The number of aromatic nitrogens is 3. The number of carbonyl (C=O) groups excluding carboxylic acids is 1. The van der Waals surface area contributed by atoms with Crippen LogP contribution in [0.3, 0.4) is 0 Å². The molecule has 0 atom stereocenters. The molecule has 0 saturated carbocycles. The number of aryl methyl sites for hydroxylation is 2. The number of hydrogen-bond donors (Lipinski definition) is 1. The van der Waals surface area contributed by atoms with E-state index in [0.717, 1.165) is 26.5 Å². The van der Waals surface area contributed by atoms with Crippen molar-refractivity contribution in [2.45, 2.75) is 31.7 Å². The number of carbonyl (C=O) groups is 1. The first kappa shape index (κ1) is 19.3. The summed E-state index contributed by atoms with van der Waals surface area (Å²) in [6, 6.07) is 6.65. The molecule has 0 fully saturated rings. The van der Waals surface area contributed by atoms with Crippen molar-refractivity contribution in [2.24, 2.45) is 0 Å². The van der Waals surface area contributed by atoms with Gasteiger partial charge in [0.15, 0.2) is 0 Å². The van der Waals surface area contributed by atoms with E-state index in [9.17, 15) is 9.59 Å². The lowest BCUT2D eigenvalue weighted by molar-refractivity contribution is -0.114. The Kier molecular flexibility index (Phi) is 5.20. The van der Waals surface area contributed by atoms with Gasteiger partial charge in [-0.3, -0.25) is 4.79 Å². The molecule has 0 bridgehead atoms. The quantitative estimate of drug-likeness (QED) is 0.372. The highest BCUT2D eigenvalue weighted by Crippen LogP contribution is 2.32. The van der Waals surface area contributed by atoms with Crippen molar-refractivity contribution in [1.82, 2.24) is 15.2 Å². The highest BCUT2D eigenvalue weighted by atomic mass is 32.2. The predicted molar refractivity (Wildman–Crippen MR) is 111 cm³/mol. The van der Waals surface area contributed by atoms with Crippen LogP contribution in [0.4, 0.5) is 5.69 Å². The smallest absolute Gasteiger partial charge is 0.336 e. The molecule has 4 aromatic rings. The van der Waals surface area contributed by atoms with Gasteiger partial charge in [-0.2, -0.15) is 0 Å². The summed E-state index contributed by atoms with van der Waals surface area (Å²) in [6.45, 7) is 5.25. The van der Waals surface area contributed by atoms with E-state index in [1.807, 2.05) is 19.9 Å². The Hall–Kier alpha value is -2.98. The van der Waals surface area contributed by atoms with Gasteiger partial charge < -0.3 is 14.2 Å². The molecule has 10 heteroatoms. The Morgan fingerprint density at radius 1 is 1.21 bits per heavy atom. The number of fused-ring (bicyclic) bond motifs is 1. The van der Waals surface area contributed by atoms with Crippen LogP contribution in [-0.4, -0.2) is 21.1 Å². The zero-order valence-corrected chi connectivity index (χ0v) is 17.4. The molecule has 1 aromatic carbocycles. The Morgan fingerprint density at radius 3 is 2.76 bits per heavy atom. The normalized spacial score (nSPS) is 11.1. The summed E-state index contributed by atoms with van der Waals surface area (Å²) in [6.07, 6.45) is 0. The number of thiazole rings is 1. The van der Waals surface area contributed by atoms with Crippen molar-refractivity contribution < 1.29 is 13.6 Å². The molecule has 0 unspecified atom stereocenters. The van der Waals surface area contributed by atoms with Gasteiger partial charge in [0.05, 0.1) is 10.7 Å². The summed E-state index contributed by atoms with van der Waals surface area (Å²) in [5.74, 6) is 0.689. The van der Waals surface area contributed by atoms with Gasteiger partial charge in [-0.1, -0.05) is 11.8 Å². The zero-order valence-electron chi connectivity index (χ0n) is 15.8. The number of amides is 1. The first-order chi connectivity index (χ1) is 13.9. The largest absolute Gasteiger partial charge is 0.423 e. The van der Waals surface area contributed by atoms with Gasteiger partial charge in [-0.05, 0) is 31.5 Å². The lowest BCUT2D eigenvalue weighted by Gasteiger charge is -2.06. The Balaban J connectivity index is 1.58. The SMILES string of the molecule is CC(=O)Nc1ccc2c(CSc3nnc(-c4sc(C)nc4C)o3)cc(=O)oc2c1. The number of benzene rings is 1. The summed E-state index contributed by atoms with van der Waals surface area (Å²) >= 11 is 2.84. The summed E-state index contributed by atoms with van der Waals surface area (Å²) in [4.78, 5) is 28.4. The van der Waals surface area contributed by atoms with Crippen molar-refractivity contribution in [3.05, 3.63) is 51.0 Å². The van der Waals surface area contributed by atoms with E-state index in [2.05, 4.69) is 20.5 Å². The molecule has 29 heavy (non-hydrogen) atoms. The monoisotopic (exact) mass is 428 g/mol. The van der Waals surface area contributed by atoms with Crippen LogP contribution in [0.2, 0.25) is 0 Å². The minimum Gasteiger partial charge on any atom is -0.423 e. The molecular formula is C19H16N4O4S2. The third-order valence-corrected chi connectivity index (χ3v) is 5.93. The summed E-state index contributed by atoms with van der Waals surface area (Å²) in [7, 11) is 0. The molecule has 0 aliphatic heterocycles. The lowest BCUT2D eigenvalue weighted by Crippen LogP contribution is -2.06. The van der Waals surface area contributed by atoms with Crippen molar-refractivity contribution in [1.29, 1.82) is 0 Å². The molecule has 4 rings (SSSR count). The average Bonchev–Trinajstić information content (AvgIpc) is 3.24. The minimum atomic E-state index is -0.463. The van der Waals surface area contributed by atoms with E-state index >= 15 is 0 Å². The fraction of sp³-hybridized carbons (Fsp3) is 0.211. The maximum absolute atomic E-state index is 12.0. The number of rotatable bonds is 5. The van der Waals surface area contributed by atoms with E-state index in [1.54, 1.807) is 12.1 Å². The Bertz CT molecular complexity index is 1270. The van der Waals surface area contributed by atoms with Crippen LogP contribution < -0.4 is 10.9 Å². The Labute approximate surface area is 173 Å². The van der Waals surface area contributed by atoms with Gasteiger partial charge in [-0.15, -0.1) is 21.5 Å². The lowest BCUT2D eigenvalue weighted by atomic mass is 10.1. The standard InChI is InChI=1S/C19H16N4O4S2/c1-9-17(29-11(3)20-9)18-22-23-19(27-18)28-8-12-6-16(25)26-15-7-13(21-10(2)24)4-5-14(12)15/h4-7H,8H2,1-3H3,(H,21,24). The van der Waals surface area contributed by atoms with E-state index in [4.69, 9.17) is 8.83 Å². The Morgan fingerprint density at radius 2 is 2.03 bits per heavy atom. The van der Waals surface area contributed by atoms with Gasteiger partial charge in [0.1, 0.15) is 10.5 Å². The molecular weight excluding hydrogens is 412 g/mol. The van der Waals surface area contributed by atoms with Gasteiger partial charge >= 0.3 is 5.63 Å². The number of thioether (sulfide) groups is 1. The number of anilines is 1. The highest BCUT2D eigenvalue weighted by molar-refractivity contribution is 7.98. The molecule has 0 spiro atoms. The topological polar surface area (TPSA) is 111 Å². The number of hydrogen-bond acceptors (Lipinski definition) is 9. The van der Waals surface area contributed by atoms with Gasteiger partial charge in [-0.25, -0.2) is 9.78 Å². The highest BCUT2D eigenvalue weighted by Gasteiger charge is 2.16. The van der Waals surface area contributed by atoms with Gasteiger partial charge in [0.25, 0.3) is 11.1 Å². The first-order valence-electron chi connectivity index (χ1n) is 8.64. The van der Waals surface area contributed by atoms with Crippen LogP contribution in [0.25, 0.3) is 21.7 Å². The van der Waals surface area contributed by atoms with E-state index in [-0.39, 0.29) is 5.91 Å². The van der Waals surface area contributed by atoms with Crippen LogP contribution >= 0.6 is 23.1 Å². The average molecular weight is 428 g/mol. The van der Waals surface area contributed by atoms with Crippen LogP contribution in [0.1, 0.15) is 23.2 Å². The summed E-state index contributed by atoms with van der Waals surface area (Å²) in [5.41, 5.74) is 2.14. The van der Waals surface area contributed by atoms with Crippen molar-refractivity contribution >= 4 is 45.7 Å². The molecule has 0 aliphatic carbocycles. The molecule has 8 nitrogen and oxygen atoms in total. The van der Waals surface area contributed by atoms with E-state index < -0.39 is 5.63 Å². The molecule has 0 saturated heterocycles. The molecule has 3 aromatic heterocycles. The van der Waals surface area contributed by atoms with E-state index in [0.29, 0.717) is 28.1 Å². The maximum atomic E-state index is 12.0. The fourth-order valence-corrected chi connectivity index (χ4v) is 4.45. The first-order valence-corrected chi connectivity index (χ1v) is 10.4. The third kappa shape index (κ3) is 4.22. The molecule has 0 radical (unpaired) electrons. The minimum absolute atomic E-state index is 0.197. The molecule has 3 heterocycles. The van der Waals surface area contributed by atoms with Gasteiger partial charge in [0.2, 0.25) is 5.91 Å². The fourth-order valence-electron chi connectivity index (χ4n) is 2.86. The molecule has 1 amide bonds. The second-order valence-electron chi connectivity index (χ2n) is 6.29. The van der Waals surface area contributed by atoms with Gasteiger partial charge in [0, 0.05) is 35.9 Å². The van der Waals surface area contributed by atoms with Crippen molar-refractivity contribution in [3.8, 4) is 10.8 Å². The zero-order chi connectivity index (χ0) is 20.5. The molecule has 0 aliphatic rings. The predicted octanol–water partition coefficient (Wildman–Crippen LogP) is 4.17. The summed E-state index contributed by atoms with van der Waals surface area (Å²) < 4.78 is 11.0. The van der Waals surface area contributed by atoms with Crippen molar-refractivity contribution in [3.63, 3.8) is 0 Å². The summed E-state index contributed by atoms with van der Waals surface area (Å²) in [5, 5.41) is 13.0. The number of nitrogens with one attached hydrogen (secondary N) is 1. The third-order valence-electron chi connectivity index (χ3n) is 4.01. The maximum Gasteiger partial charge on any atom is 0.336 e. The molecule has 1 N–H and O–H groups in total. The van der Waals surface area contributed by atoms with E-state index in [1.165, 1.54) is 36.1 Å².